The van der Waals surface area contributed by atoms with Gasteiger partial charge in [0.2, 0.25) is 6.39 Å². The van der Waals surface area contributed by atoms with Gasteiger partial charge in [-0.25, -0.2) is 4.39 Å². The Hall–Kier alpha value is -2.23. The van der Waals surface area contributed by atoms with Gasteiger partial charge in [0.05, 0.1) is 25.8 Å². The second-order valence-electron chi connectivity index (χ2n) is 10.7. The molecule has 1 aromatic heterocycles. The molecule has 35 heavy (non-hydrogen) atoms. The van der Waals surface area contributed by atoms with E-state index in [0.717, 1.165) is 89.4 Å². The molecule has 190 valence electrons. The molecule has 9 heteroatoms. The van der Waals surface area contributed by atoms with Gasteiger partial charge in [-0.05, 0) is 82.2 Å². The lowest BCUT2D eigenvalue weighted by Crippen LogP contribution is -2.62. The molecule has 4 fully saturated rings. The zero-order valence-corrected chi connectivity index (χ0v) is 20.4. The summed E-state index contributed by atoms with van der Waals surface area (Å²) < 4.78 is 37.8. The normalized spacial score (nSPS) is 26.7. The van der Waals surface area contributed by atoms with Crippen LogP contribution >= 0.6 is 0 Å². The Bertz CT molecular complexity index is 985. The lowest BCUT2D eigenvalue weighted by atomic mass is 9.86. The van der Waals surface area contributed by atoms with E-state index in [-0.39, 0.29) is 17.5 Å². The highest BCUT2D eigenvalue weighted by atomic mass is 19.1. The number of hydrogen-bond donors (Lipinski definition) is 0. The molecule has 1 aromatic carbocycles. The average Bonchev–Trinajstić information content (AvgIpc) is 3.56. The summed E-state index contributed by atoms with van der Waals surface area (Å²) in [7, 11) is 0. The van der Waals surface area contributed by atoms with Crippen molar-refractivity contribution in [3.8, 4) is 5.75 Å². The Kier molecular flexibility index (Phi) is 6.41. The predicted octanol–water partition coefficient (Wildman–Crippen LogP) is 3.63. The average molecular weight is 487 g/mol. The Morgan fingerprint density at radius 2 is 1.94 bits per heavy atom. The first-order valence-electron chi connectivity index (χ1n) is 13.0. The Labute approximate surface area is 205 Å². The summed E-state index contributed by atoms with van der Waals surface area (Å²) in [6.07, 6.45) is 6.54. The van der Waals surface area contributed by atoms with Crippen molar-refractivity contribution in [3.63, 3.8) is 0 Å². The minimum absolute atomic E-state index is 0.0974. The van der Waals surface area contributed by atoms with Crippen LogP contribution in [0.15, 0.2) is 29.0 Å². The topological polar surface area (TPSA) is 73.1 Å². The van der Waals surface area contributed by atoms with Crippen LogP contribution < -0.4 is 9.64 Å². The van der Waals surface area contributed by atoms with Crippen LogP contribution in [-0.2, 0) is 9.47 Å². The molecule has 1 unspecified atom stereocenters. The van der Waals surface area contributed by atoms with E-state index in [1.165, 1.54) is 12.5 Å². The van der Waals surface area contributed by atoms with Gasteiger partial charge in [-0.15, -0.1) is 5.10 Å². The molecule has 0 saturated carbocycles. The highest BCUT2D eigenvalue weighted by Crippen LogP contribution is 2.41. The summed E-state index contributed by atoms with van der Waals surface area (Å²) in [4.78, 5) is 4.64. The highest BCUT2D eigenvalue weighted by Gasteiger charge is 2.52. The van der Waals surface area contributed by atoms with E-state index in [0.29, 0.717) is 23.9 Å². The van der Waals surface area contributed by atoms with E-state index < -0.39 is 0 Å². The summed E-state index contributed by atoms with van der Waals surface area (Å²) in [6, 6.07) is 6.05. The quantitative estimate of drug-likeness (QED) is 0.613. The second-order valence-corrected chi connectivity index (χ2v) is 10.7. The van der Waals surface area contributed by atoms with Gasteiger partial charge in [0.15, 0.2) is 0 Å². The van der Waals surface area contributed by atoms with Crippen molar-refractivity contribution in [3.05, 3.63) is 36.0 Å². The van der Waals surface area contributed by atoms with Crippen LogP contribution in [0.1, 0.15) is 50.5 Å². The van der Waals surface area contributed by atoms with E-state index in [1.807, 2.05) is 6.07 Å². The minimum atomic E-state index is -0.185. The lowest BCUT2D eigenvalue weighted by Gasteiger charge is -2.46. The standard InChI is InChI=1S/C26H35FN4O4/c1-18(19-6-10-32-11-7-19)35-24-3-2-21(27)12-23(24)20-4-8-30(9-5-20)22-13-26(34-14-22)15-31(16-26)25-29-28-17-33-25/h2-3,12,17-20,22H,4-11,13-16H2,1H3/t18-,22?/m1/s1. The zero-order chi connectivity index (χ0) is 23.8. The summed E-state index contributed by atoms with van der Waals surface area (Å²) >= 11 is 0. The number of nitrogens with zero attached hydrogens (tertiary/aromatic N) is 4. The minimum Gasteiger partial charge on any atom is -0.490 e. The number of piperidine rings is 1. The van der Waals surface area contributed by atoms with Crippen LogP contribution in [0.25, 0.3) is 0 Å². The summed E-state index contributed by atoms with van der Waals surface area (Å²) in [5, 5.41) is 7.76. The number of benzene rings is 1. The third-order valence-corrected chi connectivity index (χ3v) is 8.47. The molecule has 4 aliphatic heterocycles. The molecule has 5 heterocycles. The number of rotatable bonds is 6. The lowest BCUT2D eigenvalue weighted by molar-refractivity contribution is -0.0216. The number of halogens is 1. The van der Waals surface area contributed by atoms with E-state index in [2.05, 4.69) is 26.9 Å². The number of hydrogen-bond acceptors (Lipinski definition) is 8. The van der Waals surface area contributed by atoms with Crippen LogP contribution in [0, 0.1) is 11.7 Å². The molecule has 1 spiro atoms. The largest absolute Gasteiger partial charge is 0.490 e. The van der Waals surface area contributed by atoms with Crippen LogP contribution in [0.5, 0.6) is 5.75 Å². The molecule has 4 aliphatic rings. The van der Waals surface area contributed by atoms with Gasteiger partial charge in [0, 0.05) is 24.8 Å². The number of likely N-dealkylation sites (tertiary alicyclic amines) is 1. The molecular weight excluding hydrogens is 451 g/mol. The SMILES string of the molecule is C[C@@H](Oc1ccc(F)cc1C1CCN(C2COC3(C2)CN(c2nnco2)C3)CC1)C1CCOCC1. The maximum atomic E-state index is 14.3. The van der Waals surface area contributed by atoms with Gasteiger partial charge in [-0.3, -0.25) is 4.90 Å². The first kappa shape index (κ1) is 23.2. The molecule has 0 bridgehead atoms. The van der Waals surface area contributed by atoms with Gasteiger partial charge in [0.25, 0.3) is 0 Å². The van der Waals surface area contributed by atoms with E-state index >= 15 is 0 Å². The smallest absolute Gasteiger partial charge is 0.318 e. The van der Waals surface area contributed by atoms with Gasteiger partial charge in [-0.2, -0.15) is 0 Å². The fourth-order valence-corrected chi connectivity index (χ4v) is 6.37. The van der Waals surface area contributed by atoms with E-state index in [9.17, 15) is 4.39 Å². The molecule has 4 saturated heterocycles. The Balaban J connectivity index is 1.05. The molecular formula is C26H35FN4O4. The van der Waals surface area contributed by atoms with Gasteiger partial charge in [-0.1, -0.05) is 5.10 Å². The van der Waals surface area contributed by atoms with Gasteiger partial charge in [0.1, 0.15) is 17.2 Å². The van der Waals surface area contributed by atoms with E-state index in [4.69, 9.17) is 18.6 Å². The predicted molar refractivity (Wildman–Crippen MR) is 127 cm³/mol. The summed E-state index contributed by atoms with van der Waals surface area (Å²) in [5.41, 5.74) is 0.928. The molecule has 8 nitrogen and oxygen atoms in total. The van der Waals surface area contributed by atoms with Crippen molar-refractivity contribution in [1.82, 2.24) is 15.1 Å². The maximum Gasteiger partial charge on any atom is 0.318 e. The molecule has 6 rings (SSSR count). The molecule has 0 aliphatic carbocycles. The van der Waals surface area contributed by atoms with Crippen molar-refractivity contribution < 1.29 is 23.0 Å². The molecule has 0 radical (unpaired) electrons. The van der Waals surface area contributed by atoms with E-state index in [1.54, 1.807) is 6.07 Å². The third kappa shape index (κ3) is 4.78. The molecule has 2 atom stereocenters. The summed E-state index contributed by atoms with van der Waals surface area (Å²) in [5.74, 6) is 1.46. The molecule has 0 N–H and O–H groups in total. The number of anilines is 1. The van der Waals surface area contributed by atoms with Crippen LogP contribution in [0.4, 0.5) is 10.4 Å². The fraction of sp³-hybridized carbons (Fsp3) is 0.692. The Morgan fingerprint density at radius 1 is 1.14 bits per heavy atom. The second kappa shape index (κ2) is 9.67. The first-order valence-corrected chi connectivity index (χ1v) is 13.0. The van der Waals surface area contributed by atoms with Crippen LogP contribution in [0.2, 0.25) is 0 Å². The van der Waals surface area contributed by atoms with Crippen molar-refractivity contribution >= 4 is 6.01 Å². The monoisotopic (exact) mass is 486 g/mol. The molecule has 0 amide bonds. The number of aromatic nitrogens is 2. The van der Waals surface area contributed by atoms with Gasteiger partial charge >= 0.3 is 6.01 Å². The molecule has 2 aromatic rings. The van der Waals surface area contributed by atoms with Gasteiger partial charge < -0.3 is 23.5 Å². The zero-order valence-electron chi connectivity index (χ0n) is 20.4. The highest BCUT2D eigenvalue weighted by molar-refractivity contribution is 5.38. The fourth-order valence-electron chi connectivity index (χ4n) is 6.37. The van der Waals surface area contributed by atoms with Crippen molar-refractivity contribution in [2.75, 3.05) is 50.9 Å². The van der Waals surface area contributed by atoms with Crippen LogP contribution in [-0.4, -0.2) is 78.8 Å². The van der Waals surface area contributed by atoms with Crippen molar-refractivity contribution in [1.29, 1.82) is 0 Å². The van der Waals surface area contributed by atoms with Crippen molar-refractivity contribution in [2.45, 2.75) is 62.7 Å². The Morgan fingerprint density at radius 3 is 2.69 bits per heavy atom. The first-order chi connectivity index (χ1) is 17.1. The number of ether oxygens (including phenoxy) is 3. The van der Waals surface area contributed by atoms with Crippen LogP contribution in [0.3, 0.4) is 0 Å². The maximum absolute atomic E-state index is 14.3. The van der Waals surface area contributed by atoms with Crippen molar-refractivity contribution in [2.24, 2.45) is 5.92 Å². The third-order valence-electron chi connectivity index (χ3n) is 8.47. The summed E-state index contributed by atoms with van der Waals surface area (Å²) in [6.45, 7) is 8.10.